The third-order valence-electron chi connectivity index (χ3n) is 5.09. The highest BCUT2D eigenvalue weighted by atomic mass is 127. The van der Waals surface area contributed by atoms with Gasteiger partial charge in [0.2, 0.25) is 5.91 Å². The monoisotopic (exact) mass is 500 g/mol. The maximum absolute atomic E-state index is 12.0. The van der Waals surface area contributed by atoms with Crippen molar-refractivity contribution in [2.75, 3.05) is 26.2 Å². The van der Waals surface area contributed by atoms with Crippen molar-refractivity contribution in [2.45, 2.75) is 65.8 Å². The van der Waals surface area contributed by atoms with Crippen molar-refractivity contribution in [3.63, 3.8) is 0 Å². The average Bonchev–Trinajstić information content (AvgIpc) is 3.03. The van der Waals surface area contributed by atoms with Crippen LogP contribution in [0.2, 0.25) is 0 Å². The van der Waals surface area contributed by atoms with E-state index in [-0.39, 0.29) is 24.0 Å². The van der Waals surface area contributed by atoms with Gasteiger partial charge in [-0.3, -0.25) is 9.79 Å². The normalized spacial score (nSPS) is 15.4. The fraction of sp³-hybridized carbons (Fsp3) is 0.636. The minimum absolute atomic E-state index is 0. The molecule has 1 aromatic rings. The van der Waals surface area contributed by atoms with Crippen molar-refractivity contribution in [2.24, 2.45) is 4.99 Å². The van der Waals surface area contributed by atoms with Crippen LogP contribution in [0, 0.1) is 13.8 Å². The second-order valence-electron chi connectivity index (χ2n) is 7.47. The molecule has 5 nitrogen and oxygen atoms in total. The first kappa shape index (κ1) is 24.7. The Morgan fingerprint density at radius 2 is 1.89 bits per heavy atom. The van der Waals surface area contributed by atoms with Gasteiger partial charge in [-0.1, -0.05) is 36.2 Å². The van der Waals surface area contributed by atoms with Crippen LogP contribution in [0.15, 0.2) is 23.2 Å². The molecule has 1 fully saturated rings. The summed E-state index contributed by atoms with van der Waals surface area (Å²) in [6.45, 7) is 11.9. The first-order valence-electron chi connectivity index (χ1n) is 10.4. The standard InChI is InChI=1S/C22H36N4O.HI/c1-5-20(26-13-7-8-21(26)27)10-12-25-22(23-6-2)24-11-9-19-15-17(3)14-18(4)16-19;/h14-16,20H,5-13H2,1-4H3,(H2,23,24,25);1H. The van der Waals surface area contributed by atoms with E-state index < -0.39 is 0 Å². The number of carbonyl (C=O) groups excluding carboxylic acids is 1. The van der Waals surface area contributed by atoms with Crippen molar-refractivity contribution in [3.05, 3.63) is 34.9 Å². The number of amides is 1. The number of benzene rings is 1. The first-order valence-corrected chi connectivity index (χ1v) is 10.4. The van der Waals surface area contributed by atoms with Crippen molar-refractivity contribution in [3.8, 4) is 0 Å². The van der Waals surface area contributed by atoms with E-state index in [0.29, 0.717) is 18.4 Å². The number of nitrogens with zero attached hydrogens (tertiary/aromatic N) is 2. The van der Waals surface area contributed by atoms with Crippen LogP contribution in [-0.2, 0) is 11.2 Å². The van der Waals surface area contributed by atoms with Gasteiger partial charge in [0, 0.05) is 38.6 Å². The average molecular weight is 500 g/mol. The highest BCUT2D eigenvalue weighted by Crippen LogP contribution is 2.18. The third kappa shape index (κ3) is 7.97. The lowest BCUT2D eigenvalue weighted by molar-refractivity contribution is -0.129. The molecule has 0 saturated carbocycles. The molecule has 1 heterocycles. The maximum atomic E-state index is 12.0. The van der Waals surface area contributed by atoms with Gasteiger partial charge in [-0.25, -0.2) is 0 Å². The Morgan fingerprint density at radius 3 is 2.46 bits per heavy atom. The molecule has 1 aromatic carbocycles. The zero-order valence-electron chi connectivity index (χ0n) is 17.9. The first-order chi connectivity index (χ1) is 13.0. The van der Waals surface area contributed by atoms with E-state index in [0.717, 1.165) is 57.8 Å². The fourth-order valence-electron chi connectivity index (χ4n) is 3.84. The number of likely N-dealkylation sites (tertiary alicyclic amines) is 1. The summed E-state index contributed by atoms with van der Waals surface area (Å²) in [6.07, 6.45) is 4.62. The van der Waals surface area contributed by atoms with E-state index in [4.69, 9.17) is 4.99 Å². The Labute approximate surface area is 187 Å². The molecular formula is C22H37IN4O. The van der Waals surface area contributed by atoms with Crippen LogP contribution < -0.4 is 10.6 Å². The van der Waals surface area contributed by atoms with Crippen LogP contribution in [0.4, 0.5) is 0 Å². The predicted octanol–water partition coefficient (Wildman–Crippen LogP) is 3.81. The van der Waals surface area contributed by atoms with E-state index in [1.807, 2.05) is 0 Å². The van der Waals surface area contributed by atoms with Gasteiger partial charge >= 0.3 is 0 Å². The molecule has 28 heavy (non-hydrogen) atoms. The summed E-state index contributed by atoms with van der Waals surface area (Å²) in [4.78, 5) is 18.7. The quantitative estimate of drug-likeness (QED) is 0.308. The summed E-state index contributed by atoms with van der Waals surface area (Å²) in [6, 6.07) is 7.02. The third-order valence-corrected chi connectivity index (χ3v) is 5.09. The Morgan fingerprint density at radius 1 is 1.18 bits per heavy atom. The van der Waals surface area contributed by atoms with Gasteiger partial charge in [-0.05, 0) is 52.0 Å². The molecule has 0 aliphatic carbocycles. The summed E-state index contributed by atoms with van der Waals surface area (Å²) in [5, 5.41) is 6.76. The molecule has 0 spiro atoms. The van der Waals surface area contributed by atoms with Gasteiger partial charge in [0.25, 0.3) is 0 Å². The summed E-state index contributed by atoms with van der Waals surface area (Å²) in [7, 11) is 0. The van der Waals surface area contributed by atoms with Crippen molar-refractivity contribution in [1.29, 1.82) is 0 Å². The molecule has 1 unspecified atom stereocenters. The molecule has 0 radical (unpaired) electrons. The van der Waals surface area contributed by atoms with Crippen molar-refractivity contribution < 1.29 is 4.79 Å². The van der Waals surface area contributed by atoms with E-state index in [1.165, 1.54) is 16.7 Å². The predicted molar refractivity (Wildman–Crippen MR) is 129 cm³/mol. The van der Waals surface area contributed by atoms with E-state index in [1.54, 1.807) is 0 Å². The smallest absolute Gasteiger partial charge is 0.222 e. The van der Waals surface area contributed by atoms with Gasteiger partial charge in [0.1, 0.15) is 0 Å². The Kier molecular flexibility index (Phi) is 11.5. The van der Waals surface area contributed by atoms with Crippen molar-refractivity contribution in [1.82, 2.24) is 15.5 Å². The molecule has 2 N–H and O–H groups in total. The Hall–Kier alpha value is -1.31. The summed E-state index contributed by atoms with van der Waals surface area (Å²) in [5.74, 6) is 1.17. The molecular weight excluding hydrogens is 463 g/mol. The van der Waals surface area contributed by atoms with Crippen LogP contribution in [0.3, 0.4) is 0 Å². The van der Waals surface area contributed by atoms with E-state index in [2.05, 4.69) is 61.4 Å². The molecule has 6 heteroatoms. The molecule has 0 bridgehead atoms. The Balaban J connectivity index is 0.00000392. The SMILES string of the molecule is CCNC(=NCCC(CC)N1CCCC1=O)NCCc1cc(C)cc(C)c1.I. The zero-order chi connectivity index (χ0) is 19.6. The maximum Gasteiger partial charge on any atom is 0.222 e. The minimum Gasteiger partial charge on any atom is -0.357 e. The lowest BCUT2D eigenvalue weighted by atomic mass is 10.1. The number of carbonyl (C=O) groups is 1. The van der Waals surface area contributed by atoms with Crippen LogP contribution in [0.5, 0.6) is 0 Å². The van der Waals surface area contributed by atoms with Gasteiger partial charge < -0.3 is 15.5 Å². The lowest BCUT2D eigenvalue weighted by Gasteiger charge is -2.26. The topological polar surface area (TPSA) is 56.7 Å². The van der Waals surface area contributed by atoms with E-state index in [9.17, 15) is 4.79 Å². The van der Waals surface area contributed by atoms with Crippen molar-refractivity contribution >= 4 is 35.8 Å². The molecule has 1 amide bonds. The number of nitrogens with one attached hydrogen (secondary N) is 2. The molecule has 1 aliphatic heterocycles. The van der Waals surface area contributed by atoms with Gasteiger partial charge in [0.15, 0.2) is 5.96 Å². The number of guanidine groups is 1. The number of rotatable bonds is 9. The second-order valence-corrected chi connectivity index (χ2v) is 7.47. The molecule has 1 aliphatic rings. The lowest BCUT2D eigenvalue weighted by Crippen LogP contribution is -2.39. The minimum atomic E-state index is 0. The number of hydrogen-bond donors (Lipinski definition) is 2. The second kappa shape index (κ2) is 13.0. The molecule has 1 atom stereocenters. The number of aliphatic imine (C=N–C) groups is 1. The summed E-state index contributed by atoms with van der Waals surface area (Å²) < 4.78 is 0. The molecule has 0 aromatic heterocycles. The van der Waals surface area contributed by atoms with E-state index >= 15 is 0 Å². The number of hydrogen-bond acceptors (Lipinski definition) is 2. The summed E-state index contributed by atoms with van der Waals surface area (Å²) >= 11 is 0. The highest BCUT2D eigenvalue weighted by Gasteiger charge is 2.26. The van der Waals surface area contributed by atoms with Crippen LogP contribution in [0.1, 0.15) is 56.2 Å². The van der Waals surface area contributed by atoms with Gasteiger partial charge in [-0.2, -0.15) is 0 Å². The fourth-order valence-corrected chi connectivity index (χ4v) is 3.84. The summed E-state index contributed by atoms with van der Waals surface area (Å²) in [5.41, 5.74) is 3.98. The molecule has 158 valence electrons. The van der Waals surface area contributed by atoms with Crippen LogP contribution >= 0.6 is 24.0 Å². The van der Waals surface area contributed by atoms with Gasteiger partial charge in [0.05, 0.1) is 0 Å². The zero-order valence-corrected chi connectivity index (χ0v) is 20.2. The Bertz CT molecular complexity index is 627. The number of aryl methyl sites for hydroxylation is 2. The largest absolute Gasteiger partial charge is 0.357 e. The number of halogens is 1. The van der Waals surface area contributed by atoms with Crippen LogP contribution in [-0.4, -0.2) is 49.0 Å². The highest BCUT2D eigenvalue weighted by molar-refractivity contribution is 14.0. The van der Waals surface area contributed by atoms with Crippen LogP contribution in [0.25, 0.3) is 0 Å². The molecule has 2 rings (SSSR count). The molecule has 1 saturated heterocycles. The van der Waals surface area contributed by atoms with Gasteiger partial charge in [-0.15, -0.1) is 24.0 Å².